The van der Waals surface area contributed by atoms with Crippen LogP contribution in [0.3, 0.4) is 0 Å². The van der Waals surface area contributed by atoms with Crippen LogP contribution >= 0.6 is 0 Å². The van der Waals surface area contributed by atoms with Gasteiger partial charge in [-0.2, -0.15) is 0 Å². The number of ether oxygens (including phenoxy) is 12. The highest BCUT2D eigenvalue weighted by molar-refractivity contribution is 5.84. The van der Waals surface area contributed by atoms with E-state index in [-0.39, 0.29) is 0 Å². The monoisotopic (exact) mass is 1310 g/mol. The van der Waals surface area contributed by atoms with Crippen molar-refractivity contribution in [3.8, 4) is 169 Å². The fraction of sp³-hybridized carbons (Fsp3) is 0.172. The van der Waals surface area contributed by atoms with E-state index in [0.717, 1.165) is 134 Å². The van der Waals surface area contributed by atoms with Crippen molar-refractivity contribution in [1.29, 1.82) is 0 Å². The Kier molecular flexibility index (Phi) is 19.2. The zero-order chi connectivity index (χ0) is 68.8. The van der Waals surface area contributed by atoms with Gasteiger partial charge in [0.05, 0.1) is 85.3 Å². The number of benzene rings is 12. The van der Waals surface area contributed by atoms with Gasteiger partial charge in [-0.25, -0.2) is 0 Å². The Morgan fingerprint density at radius 1 is 0.141 bits per heavy atom. The lowest BCUT2D eigenvalue weighted by molar-refractivity contribution is 0.388. The summed E-state index contributed by atoms with van der Waals surface area (Å²) >= 11 is 0. The molecule has 0 unspecified atom stereocenters. The third-order valence-corrected chi connectivity index (χ3v) is 18.9. The maximum absolute atomic E-state index is 6.08. The van der Waals surface area contributed by atoms with E-state index < -0.39 is 0 Å². The summed E-state index contributed by atoms with van der Waals surface area (Å²) in [5, 5.41) is 0. The molecular weight excluding hydrogens is 1240 g/mol. The smallest absolute Gasteiger partial charge is 0.130 e. The molecule has 12 nitrogen and oxygen atoms in total. The number of rotatable bonds is 12. The zero-order valence-electron chi connectivity index (χ0n) is 57.8. The molecule has 0 spiro atoms. The Hall–Kier alpha value is -11.8. The van der Waals surface area contributed by atoms with Crippen molar-refractivity contribution in [3.05, 3.63) is 252 Å². The molecule has 24 bridgehead atoms. The third-order valence-electron chi connectivity index (χ3n) is 18.9. The van der Waals surface area contributed by atoms with Crippen LogP contribution in [0.25, 0.3) is 100 Å². The van der Waals surface area contributed by atoms with E-state index in [9.17, 15) is 0 Å². The van der Waals surface area contributed by atoms with Gasteiger partial charge in [-0.1, -0.05) is 146 Å². The summed E-state index contributed by atoms with van der Waals surface area (Å²) in [7, 11) is 20.2. The largest absolute Gasteiger partial charge is 0.496 e. The van der Waals surface area contributed by atoms with Crippen molar-refractivity contribution in [2.75, 3.05) is 85.3 Å². The van der Waals surface area contributed by atoms with Crippen LogP contribution in [0, 0.1) is 0 Å². The number of hydrogen-bond acceptors (Lipinski definition) is 12. The molecule has 7 aliphatic carbocycles. The van der Waals surface area contributed by atoms with Crippen LogP contribution in [-0.4, -0.2) is 85.3 Å². The molecule has 498 valence electrons. The molecule has 0 fully saturated rings. The normalized spacial score (nSPS) is 11.5. The van der Waals surface area contributed by atoms with Crippen LogP contribution in [-0.2, 0) is 19.3 Å². The van der Waals surface area contributed by atoms with Gasteiger partial charge in [0.25, 0.3) is 0 Å². The Labute approximate surface area is 579 Å². The lowest BCUT2D eigenvalue weighted by Gasteiger charge is -2.19. The summed E-state index contributed by atoms with van der Waals surface area (Å²) < 4.78 is 72.8. The summed E-state index contributed by atoms with van der Waals surface area (Å²) in [6, 6.07) is 76.1. The van der Waals surface area contributed by atoms with Gasteiger partial charge in [0.15, 0.2) is 0 Å². The van der Waals surface area contributed by atoms with Crippen molar-refractivity contribution in [2.45, 2.75) is 19.3 Å². The first-order valence-corrected chi connectivity index (χ1v) is 32.6. The molecular formula is C87H78O12. The highest BCUT2D eigenvalue weighted by atomic mass is 16.5. The molecule has 0 N–H and O–H groups in total. The summed E-state index contributed by atoms with van der Waals surface area (Å²) in [4.78, 5) is 0. The van der Waals surface area contributed by atoms with E-state index in [2.05, 4.69) is 182 Å². The molecule has 0 radical (unpaired) electrons. The minimum atomic E-state index is 0.493. The number of fused-ring (bicyclic) bond motifs is 6. The van der Waals surface area contributed by atoms with Gasteiger partial charge >= 0.3 is 0 Å². The highest BCUT2D eigenvalue weighted by Gasteiger charge is 2.24. The molecule has 99 heavy (non-hydrogen) atoms. The molecule has 12 aromatic rings. The van der Waals surface area contributed by atoms with Gasteiger partial charge in [0.1, 0.15) is 69.0 Å². The van der Waals surface area contributed by atoms with Crippen LogP contribution in [0.4, 0.5) is 0 Å². The van der Waals surface area contributed by atoms with E-state index in [1.165, 1.54) is 0 Å². The molecule has 12 heteroatoms. The molecule has 0 saturated carbocycles. The fourth-order valence-corrected chi connectivity index (χ4v) is 13.6. The van der Waals surface area contributed by atoms with Gasteiger partial charge in [-0.15, -0.1) is 0 Å². The molecule has 0 amide bonds. The minimum absolute atomic E-state index is 0.493. The van der Waals surface area contributed by atoms with E-state index in [1.54, 1.807) is 85.3 Å². The molecule has 0 heterocycles. The van der Waals surface area contributed by atoms with Gasteiger partial charge in [-0.3, -0.25) is 0 Å². The van der Waals surface area contributed by atoms with Crippen LogP contribution < -0.4 is 56.8 Å². The summed E-state index contributed by atoms with van der Waals surface area (Å²) in [5.74, 6) is 8.30. The van der Waals surface area contributed by atoms with Gasteiger partial charge in [-0.05, 0) is 137 Å². The SMILES string of the molecule is COc1cc(OC)c2cc1Cc1cc(c(OC)cc1OC)-c1ccc(cc1)-c1ccc(cc1)-c1cc(c(OC)cc1OC)Cc1cc(c(OC)cc1OC)-c1ccc(cc1)-c1ccc(cc1)-c1cc(c(OC)cc1OC)Cc1cc(c(OC)cc1OC)-c1ccc(cc1)-c1ccc-2cc1. The first-order valence-electron chi connectivity index (χ1n) is 32.6. The van der Waals surface area contributed by atoms with Crippen LogP contribution in [0.1, 0.15) is 33.4 Å². The van der Waals surface area contributed by atoms with Gasteiger partial charge < -0.3 is 56.8 Å². The fourth-order valence-electron chi connectivity index (χ4n) is 13.6. The molecule has 0 atom stereocenters. The quantitative estimate of drug-likeness (QED) is 0.116. The first-order chi connectivity index (χ1) is 48.4. The van der Waals surface area contributed by atoms with E-state index in [0.29, 0.717) is 88.3 Å². The van der Waals surface area contributed by atoms with E-state index in [4.69, 9.17) is 56.8 Å². The predicted octanol–water partition coefficient (Wildman–Crippen LogP) is 19.9. The van der Waals surface area contributed by atoms with Gasteiger partial charge in [0.2, 0.25) is 0 Å². The Morgan fingerprint density at radius 2 is 0.253 bits per heavy atom. The van der Waals surface area contributed by atoms with E-state index in [1.807, 2.05) is 36.4 Å². The van der Waals surface area contributed by atoms with Gasteiger partial charge in [0, 0.05) is 89.0 Å². The molecule has 0 aliphatic heterocycles. The summed E-state index contributed by atoms with van der Waals surface area (Å²) in [5.41, 5.74) is 23.6. The molecule has 0 aromatic heterocycles. The molecule has 0 saturated heterocycles. The van der Waals surface area contributed by atoms with Crippen molar-refractivity contribution < 1.29 is 56.8 Å². The second kappa shape index (κ2) is 28.9. The Balaban J connectivity index is 0.910. The summed E-state index contributed by atoms with van der Waals surface area (Å²) in [6.45, 7) is 0. The topological polar surface area (TPSA) is 111 Å². The molecule has 19 rings (SSSR count). The van der Waals surface area contributed by atoms with Crippen LogP contribution in [0.15, 0.2) is 218 Å². The standard InChI is InChI=1S/C87H78O12/c1-88-76-46-82(94-7)70-40-64(76)37-65-41-71(83(95-8)47-77(65)89-2)59-27-15-54(16-28-59)55-19-31-61(32-20-55)73-43-68(79(91-4)49-85(73)97-10)39-69-45-75(87(99-12)51-81(69)93-6)63-35-23-57(24-36-63)56-21-33-62(34-22-56)74-44-67(80(92-5)50-86(74)98-11)38-66-42-72(84(96-9)48-78(66)90-3)60-29-17-53(18-30-60)52-13-25-58(70)26-14-52/h13-36,40-51H,37-39H2,1-12H3. The first kappa shape index (κ1) is 65.9. The maximum atomic E-state index is 6.08. The van der Waals surface area contributed by atoms with E-state index >= 15 is 0 Å². The lowest BCUT2D eigenvalue weighted by Crippen LogP contribution is -2.01. The zero-order valence-corrected chi connectivity index (χ0v) is 57.8. The Bertz CT molecular complexity index is 4100. The molecule has 12 aromatic carbocycles. The van der Waals surface area contributed by atoms with Crippen LogP contribution in [0.2, 0.25) is 0 Å². The lowest BCUT2D eigenvalue weighted by atomic mass is 9.92. The molecule has 7 aliphatic rings. The predicted molar refractivity (Wildman–Crippen MR) is 395 cm³/mol. The van der Waals surface area contributed by atoms with Crippen molar-refractivity contribution in [2.24, 2.45) is 0 Å². The summed E-state index contributed by atoms with van der Waals surface area (Å²) in [6.07, 6.45) is 1.48. The average Bonchev–Trinajstić information content (AvgIpc) is 0.800. The number of hydrogen-bond donors (Lipinski definition) is 0. The second-order valence-corrected chi connectivity index (χ2v) is 24.2. The average molecular weight is 1320 g/mol. The third kappa shape index (κ3) is 13.1. The van der Waals surface area contributed by atoms with Crippen LogP contribution in [0.5, 0.6) is 69.0 Å². The second-order valence-electron chi connectivity index (χ2n) is 24.2. The van der Waals surface area contributed by atoms with Crippen molar-refractivity contribution in [1.82, 2.24) is 0 Å². The van der Waals surface area contributed by atoms with Crippen molar-refractivity contribution in [3.63, 3.8) is 0 Å². The highest BCUT2D eigenvalue weighted by Crippen LogP contribution is 2.47. The minimum Gasteiger partial charge on any atom is -0.496 e. The number of methoxy groups -OCH3 is 12. The Morgan fingerprint density at radius 3 is 0.364 bits per heavy atom. The maximum Gasteiger partial charge on any atom is 0.130 e. The van der Waals surface area contributed by atoms with Crippen molar-refractivity contribution >= 4 is 0 Å².